The smallest absolute Gasteiger partial charge is 0.320 e. The second-order valence-corrected chi connectivity index (χ2v) is 6.61. The third-order valence-corrected chi connectivity index (χ3v) is 3.96. The van der Waals surface area contributed by atoms with Crippen LogP contribution in [0.2, 0.25) is 0 Å². The van der Waals surface area contributed by atoms with E-state index in [1.54, 1.807) is 30.3 Å². The van der Waals surface area contributed by atoms with Crippen molar-refractivity contribution in [2.45, 2.75) is 45.3 Å². The highest BCUT2D eigenvalue weighted by atomic mass is 16.4. The molecule has 0 saturated heterocycles. The van der Waals surface area contributed by atoms with Crippen molar-refractivity contribution in [2.75, 3.05) is 11.4 Å². The zero-order valence-corrected chi connectivity index (χ0v) is 15.4. The number of carboxylic acid groups (broad SMARTS) is 1. The minimum atomic E-state index is -1.10. The van der Waals surface area contributed by atoms with Gasteiger partial charge in [0.25, 0.3) is 0 Å². The number of primary amides is 1. The molecule has 0 aliphatic carbocycles. The van der Waals surface area contributed by atoms with E-state index in [1.807, 2.05) is 13.8 Å². The van der Waals surface area contributed by atoms with Crippen LogP contribution in [0.5, 0.6) is 0 Å². The lowest BCUT2D eigenvalue weighted by atomic mass is 10.00. The third kappa shape index (κ3) is 5.82. The van der Waals surface area contributed by atoms with Gasteiger partial charge in [0.1, 0.15) is 18.1 Å². The predicted octanol–water partition coefficient (Wildman–Crippen LogP) is 0.310. The number of hydrogen-bond acceptors (Lipinski definition) is 5. The maximum atomic E-state index is 13.1. The second kappa shape index (κ2) is 9.88. The Morgan fingerprint density at radius 2 is 1.73 bits per heavy atom. The molecule has 0 aliphatic rings. The van der Waals surface area contributed by atoms with Gasteiger partial charge in [-0.15, -0.1) is 0 Å². The Balaban J connectivity index is 3.27. The zero-order chi connectivity index (χ0) is 19.9. The molecule has 0 spiro atoms. The van der Waals surface area contributed by atoms with Crippen LogP contribution in [-0.2, 0) is 14.4 Å². The Kier molecular flexibility index (Phi) is 8.21. The molecule has 0 bridgehead atoms. The molecular weight excluding hydrogens is 336 g/mol. The Hall–Kier alpha value is -2.45. The molecule has 0 heterocycles. The summed E-state index contributed by atoms with van der Waals surface area (Å²) in [5, 5.41) is 11.8. The summed E-state index contributed by atoms with van der Waals surface area (Å²) < 4.78 is 0. The van der Waals surface area contributed by atoms with E-state index in [0.29, 0.717) is 12.1 Å². The van der Waals surface area contributed by atoms with E-state index in [0.717, 1.165) is 0 Å². The highest BCUT2D eigenvalue weighted by molar-refractivity contribution is 6.03. The molecule has 0 saturated carbocycles. The van der Waals surface area contributed by atoms with Gasteiger partial charge >= 0.3 is 5.97 Å². The van der Waals surface area contributed by atoms with Gasteiger partial charge in [0.2, 0.25) is 11.8 Å². The number of rotatable bonds is 10. The fraction of sp³-hybridized carbons (Fsp3) is 0.500. The number of carbonyl (C=O) groups excluding carboxylic acids is 2. The Bertz CT molecular complexity index is 621. The van der Waals surface area contributed by atoms with E-state index in [1.165, 1.54) is 11.8 Å². The van der Waals surface area contributed by atoms with Gasteiger partial charge < -0.3 is 16.6 Å². The molecule has 0 radical (unpaired) electrons. The second-order valence-electron chi connectivity index (χ2n) is 6.61. The van der Waals surface area contributed by atoms with Crippen LogP contribution in [0.4, 0.5) is 5.69 Å². The minimum absolute atomic E-state index is 0.118. The van der Waals surface area contributed by atoms with Crippen LogP contribution >= 0.6 is 0 Å². The average Bonchev–Trinajstić information content (AvgIpc) is 2.59. The SMILES string of the molecule is CC(C)C[C@@H](C(N)=O)N(C(=O)[C@H](CN)N[C@H](C)C(=O)O)c1ccccc1. The van der Waals surface area contributed by atoms with E-state index >= 15 is 0 Å². The first-order valence-electron chi connectivity index (χ1n) is 8.55. The number of amides is 2. The largest absolute Gasteiger partial charge is 0.480 e. The number of nitrogens with zero attached hydrogens (tertiary/aromatic N) is 1. The minimum Gasteiger partial charge on any atom is -0.480 e. The third-order valence-electron chi connectivity index (χ3n) is 3.96. The van der Waals surface area contributed by atoms with Crippen LogP contribution < -0.4 is 21.7 Å². The monoisotopic (exact) mass is 364 g/mol. The first-order chi connectivity index (χ1) is 12.2. The number of hydrogen-bond donors (Lipinski definition) is 4. The molecule has 0 unspecified atom stereocenters. The highest BCUT2D eigenvalue weighted by Gasteiger charge is 2.34. The predicted molar refractivity (Wildman–Crippen MR) is 99.4 cm³/mol. The molecular formula is C18H28N4O4. The highest BCUT2D eigenvalue weighted by Crippen LogP contribution is 2.22. The van der Waals surface area contributed by atoms with Crippen molar-refractivity contribution in [2.24, 2.45) is 17.4 Å². The van der Waals surface area contributed by atoms with Crippen LogP contribution in [-0.4, -0.2) is 47.6 Å². The molecule has 0 aromatic heterocycles. The molecule has 8 heteroatoms. The van der Waals surface area contributed by atoms with Crippen molar-refractivity contribution in [3.8, 4) is 0 Å². The van der Waals surface area contributed by atoms with Crippen molar-refractivity contribution in [1.82, 2.24) is 5.32 Å². The lowest BCUT2D eigenvalue weighted by Crippen LogP contribution is -2.59. The van der Waals surface area contributed by atoms with Crippen LogP contribution in [0, 0.1) is 5.92 Å². The Labute approximate surface area is 153 Å². The molecule has 1 aromatic carbocycles. The van der Waals surface area contributed by atoms with E-state index in [9.17, 15) is 14.4 Å². The molecule has 26 heavy (non-hydrogen) atoms. The van der Waals surface area contributed by atoms with Gasteiger partial charge in [-0.2, -0.15) is 0 Å². The fourth-order valence-electron chi connectivity index (χ4n) is 2.63. The summed E-state index contributed by atoms with van der Waals surface area (Å²) in [7, 11) is 0. The summed E-state index contributed by atoms with van der Waals surface area (Å²) in [5.74, 6) is -2.10. The maximum Gasteiger partial charge on any atom is 0.320 e. The lowest BCUT2D eigenvalue weighted by molar-refractivity contribution is -0.139. The topological polar surface area (TPSA) is 139 Å². The number of benzene rings is 1. The molecule has 0 aliphatic heterocycles. The van der Waals surface area contributed by atoms with Gasteiger partial charge in [0, 0.05) is 12.2 Å². The summed E-state index contributed by atoms with van der Waals surface area (Å²) in [6.45, 7) is 5.15. The summed E-state index contributed by atoms with van der Waals surface area (Å²) in [5.41, 5.74) is 11.8. The number of nitrogens with one attached hydrogen (secondary N) is 1. The van der Waals surface area contributed by atoms with Gasteiger partial charge in [-0.25, -0.2) is 0 Å². The van der Waals surface area contributed by atoms with Gasteiger partial charge in [-0.3, -0.25) is 24.6 Å². The molecule has 1 aromatic rings. The van der Waals surface area contributed by atoms with Crippen molar-refractivity contribution < 1.29 is 19.5 Å². The summed E-state index contributed by atoms with van der Waals surface area (Å²) in [4.78, 5) is 37.6. The molecule has 2 amide bonds. The molecule has 144 valence electrons. The number of carboxylic acids is 1. The molecule has 0 fully saturated rings. The maximum absolute atomic E-state index is 13.1. The van der Waals surface area contributed by atoms with Crippen LogP contribution in [0.3, 0.4) is 0 Å². The van der Waals surface area contributed by atoms with Gasteiger partial charge in [-0.1, -0.05) is 32.0 Å². The number of nitrogens with two attached hydrogens (primary N) is 2. The van der Waals surface area contributed by atoms with Crippen molar-refractivity contribution in [1.29, 1.82) is 0 Å². The van der Waals surface area contributed by atoms with Gasteiger partial charge in [0.05, 0.1) is 0 Å². The van der Waals surface area contributed by atoms with Crippen molar-refractivity contribution >= 4 is 23.5 Å². The first-order valence-corrected chi connectivity index (χ1v) is 8.55. The average molecular weight is 364 g/mol. The molecule has 3 atom stereocenters. The van der Waals surface area contributed by atoms with E-state index < -0.39 is 35.9 Å². The number of anilines is 1. The normalized spacial score (nSPS) is 14.5. The Morgan fingerprint density at radius 1 is 1.15 bits per heavy atom. The summed E-state index contributed by atoms with van der Waals surface area (Å²) in [6.07, 6.45) is 0.377. The molecule has 1 rings (SSSR count). The standard InChI is InChI=1S/C18H28N4O4/c1-11(2)9-15(16(20)23)22(13-7-5-4-6-8-13)17(24)14(10-19)21-12(3)18(25)26/h4-8,11-12,14-15,21H,9-10,19H2,1-3H3,(H2,20,23)(H,25,26)/t12-,14+,15+/m1/s1. The van der Waals surface area contributed by atoms with Crippen LogP contribution in [0.15, 0.2) is 30.3 Å². The molecule has 6 N–H and O–H groups in total. The van der Waals surface area contributed by atoms with Crippen molar-refractivity contribution in [3.05, 3.63) is 30.3 Å². The number of para-hydroxylation sites is 1. The van der Waals surface area contributed by atoms with Crippen LogP contribution in [0.25, 0.3) is 0 Å². The van der Waals surface area contributed by atoms with E-state index in [4.69, 9.17) is 16.6 Å². The first kappa shape index (κ1) is 21.6. The summed E-state index contributed by atoms with van der Waals surface area (Å²) in [6, 6.07) is 5.88. The molecule has 8 nitrogen and oxygen atoms in total. The number of aliphatic carboxylic acids is 1. The van der Waals surface area contributed by atoms with Crippen molar-refractivity contribution in [3.63, 3.8) is 0 Å². The van der Waals surface area contributed by atoms with Crippen LogP contribution in [0.1, 0.15) is 27.2 Å². The van der Waals surface area contributed by atoms with E-state index in [2.05, 4.69) is 5.32 Å². The zero-order valence-electron chi connectivity index (χ0n) is 15.4. The fourth-order valence-corrected chi connectivity index (χ4v) is 2.63. The quantitative estimate of drug-likeness (QED) is 0.471. The number of carbonyl (C=O) groups is 3. The lowest BCUT2D eigenvalue weighted by Gasteiger charge is -2.34. The van der Waals surface area contributed by atoms with E-state index in [-0.39, 0.29) is 12.5 Å². The van der Waals surface area contributed by atoms with Gasteiger partial charge in [0.15, 0.2) is 0 Å². The summed E-state index contributed by atoms with van der Waals surface area (Å²) >= 11 is 0. The van der Waals surface area contributed by atoms with Gasteiger partial charge in [-0.05, 0) is 31.4 Å². The Morgan fingerprint density at radius 3 is 2.15 bits per heavy atom.